The summed E-state index contributed by atoms with van der Waals surface area (Å²) in [6.07, 6.45) is 0.161. The van der Waals surface area contributed by atoms with Crippen LogP contribution in [-0.2, 0) is 9.59 Å². The summed E-state index contributed by atoms with van der Waals surface area (Å²) in [6, 6.07) is 14.2. The zero-order chi connectivity index (χ0) is 22.7. The van der Waals surface area contributed by atoms with Gasteiger partial charge in [0.05, 0.1) is 10.6 Å². The number of amides is 2. The Bertz CT molecular complexity index is 1110. The first-order valence-electron chi connectivity index (χ1n) is 11.0. The largest absolute Gasteiger partial charge is 0.312 e. The van der Waals surface area contributed by atoms with Gasteiger partial charge in [0.1, 0.15) is 11.3 Å². The predicted octanol–water partition coefficient (Wildman–Crippen LogP) is 4.59. The van der Waals surface area contributed by atoms with Gasteiger partial charge in [-0.25, -0.2) is 9.37 Å². The van der Waals surface area contributed by atoms with Gasteiger partial charge in [-0.2, -0.15) is 0 Å². The maximum atomic E-state index is 14.3. The van der Waals surface area contributed by atoms with Gasteiger partial charge in [-0.05, 0) is 37.4 Å². The number of benzene rings is 2. The molecule has 0 saturated carbocycles. The zero-order valence-corrected chi connectivity index (χ0v) is 20.4. The molecule has 3 aromatic rings. The van der Waals surface area contributed by atoms with E-state index in [-0.39, 0.29) is 36.2 Å². The Morgan fingerprint density at radius 1 is 1.12 bits per heavy atom. The third-order valence-corrected chi connectivity index (χ3v) is 6.98. The number of aromatic nitrogens is 1. The topological polar surface area (TPSA) is 56.8 Å². The molecule has 0 bridgehead atoms. The van der Waals surface area contributed by atoms with Crippen LogP contribution in [0.25, 0.3) is 10.2 Å². The Morgan fingerprint density at radius 2 is 1.85 bits per heavy atom. The Kier molecular flexibility index (Phi) is 8.40. The number of anilines is 2. The van der Waals surface area contributed by atoms with E-state index in [9.17, 15) is 14.0 Å². The lowest BCUT2D eigenvalue weighted by atomic mass is 10.1. The highest BCUT2D eigenvalue weighted by Gasteiger charge is 2.38. The molecule has 4 rings (SSSR count). The van der Waals surface area contributed by atoms with Crippen LogP contribution in [0.1, 0.15) is 20.3 Å². The molecule has 2 amide bonds. The summed E-state index contributed by atoms with van der Waals surface area (Å²) >= 11 is 1.31. The van der Waals surface area contributed by atoms with E-state index in [4.69, 9.17) is 0 Å². The summed E-state index contributed by atoms with van der Waals surface area (Å²) in [4.78, 5) is 36.3. The van der Waals surface area contributed by atoms with Crippen molar-refractivity contribution in [3.05, 3.63) is 54.3 Å². The number of nitrogens with zero attached hydrogens (tertiary/aromatic N) is 4. The summed E-state index contributed by atoms with van der Waals surface area (Å²) < 4.78 is 15.0. The van der Waals surface area contributed by atoms with E-state index >= 15 is 0 Å². The van der Waals surface area contributed by atoms with Crippen LogP contribution in [0.2, 0.25) is 0 Å². The smallest absolute Gasteiger partial charge is 0.234 e. The van der Waals surface area contributed by atoms with Gasteiger partial charge in [-0.3, -0.25) is 14.5 Å². The van der Waals surface area contributed by atoms with Gasteiger partial charge >= 0.3 is 0 Å². The SMILES string of the molecule is CCN(CC)CCN(C(=O)C1CC(=O)N(c2ccccc2)C1)c1nc2c(F)cccc2s1.Cl. The van der Waals surface area contributed by atoms with Crippen molar-refractivity contribution in [2.75, 3.05) is 42.5 Å². The van der Waals surface area contributed by atoms with Crippen molar-refractivity contribution in [2.24, 2.45) is 5.92 Å². The van der Waals surface area contributed by atoms with Crippen LogP contribution in [0.3, 0.4) is 0 Å². The molecule has 1 fully saturated rings. The van der Waals surface area contributed by atoms with E-state index in [1.165, 1.54) is 17.4 Å². The Morgan fingerprint density at radius 3 is 2.52 bits per heavy atom. The van der Waals surface area contributed by atoms with Crippen LogP contribution >= 0.6 is 23.7 Å². The van der Waals surface area contributed by atoms with Gasteiger partial charge in [0.2, 0.25) is 11.8 Å². The fraction of sp³-hybridized carbons (Fsp3) is 0.375. The fourth-order valence-electron chi connectivity index (χ4n) is 4.05. The minimum atomic E-state index is -0.462. The second kappa shape index (κ2) is 11.0. The number of halogens is 2. The maximum absolute atomic E-state index is 14.3. The van der Waals surface area contributed by atoms with Crippen LogP contribution in [0.5, 0.6) is 0 Å². The first-order valence-corrected chi connectivity index (χ1v) is 11.8. The summed E-state index contributed by atoms with van der Waals surface area (Å²) in [5, 5.41) is 0.480. The first kappa shape index (κ1) is 25.1. The molecule has 1 aromatic heterocycles. The molecule has 2 heterocycles. The van der Waals surface area contributed by atoms with Crippen molar-refractivity contribution in [1.29, 1.82) is 0 Å². The number of rotatable bonds is 8. The first-order chi connectivity index (χ1) is 15.5. The van der Waals surface area contributed by atoms with Crippen molar-refractivity contribution in [3.63, 3.8) is 0 Å². The highest BCUT2D eigenvalue weighted by Crippen LogP contribution is 2.33. The number of carbonyl (C=O) groups is 2. The maximum Gasteiger partial charge on any atom is 0.234 e. The molecule has 1 aliphatic rings. The summed E-state index contributed by atoms with van der Waals surface area (Å²) in [5.41, 5.74) is 1.08. The van der Waals surface area contributed by atoms with Crippen molar-refractivity contribution in [1.82, 2.24) is 9.88 Å². The Balaban J connectivity index is 0.00000306. The van der Waals surface area contributed by atoms with Crippen LogP contribution < -0.4 is 9.80 Å². The summed E-state index contributed by atoms with van der Waals surface area (Å²) in [5.74, 6) is -1.05. The second-order valence-corrected chi connectivity index (χ2v) is 8.85. The molecule has 1 unspecified atom stereocenters. The number of likely N-dealkylation sites (N-methyl/N-ethyl adjacent to an activating group) is 1. The molecule has 6 nitrogen and oxygen atoms in total. The van der Waals surface area contributed by atoms with Crippen molar-refractivity contribution < 1.29 is 14.0 Å². The van der Waals surface area contributed by atoms with Gasteiger partial charge in [0, 0.05) is 31.7 Å². The lowest BCUT2D eigenvalue weighted by Gasteiger charge is -2.26. The molecular weight excluding hydrogens is 463 g/mol. The van der Waals surface area contributed by atoms with Gasteiger partial charge in [0.15, 0.2) is 5.13 Å². The molecule has 9 heteroatoms. The number of para-hydroxylation sites is 2. The van der Waals surface area contributed by atoms with E-state index in [1.54, 1.807) is 15.9 Å². The van der Waals surface area contributed by atoms with E-state index in [0.717, 1.165) is 18.8 Å². The van der Waals surface area contributed by atoms with Crippen LogP contribution in [-0.4, -0.2) is 54.4 Å². The zero-order valence-electron chi connectivity index (χ0n) is 18.7. The second-order valence-electron chi connectivity index (χ2n) is 7.84. The monoisotopic (exact) mass is 490 g/mol. The minimum Gasteiger partial charge on any atom is -0.312 e. The highest BCUT2D eigenvalue weighted by molar-refractivity contribution is 7.22. The molecule has 176 valence electrons. The number of carbonyl (C=O) groups excluding carboxylic acids is 2. The average Bonchev–Trinajstić information content (AvgIpc) is 3.42. The molecule has 0 aliphatic carbocycles. The lowest BCUT2D eigenvalue weighted by Crippen LogP contribution is -2.42. The summed E-state index contributed by atoms with van der Waals surface area (Å²) in [6.45, 7) is 7.36. The quantitative estimate of drug-likeness (QED) is 0.463. The Hall–Kier alpha value is -2.55. The molecule has 0 N–H and O–H groups in total. The third-order valence-electron chi connectivity index (χ3n) is 5.93. The standard InChI is InChI=1S/C24H27FN4O2S.ClH/c1-3-27(4-2)13-14-28(24-26-22-19(25)11-8-12-20(22)32-24)23(31)17-15-21(30)29(16-17)18-9-6-5-7-10-18;/h5-12,17H,3-4,13-16H2,1-2H3;1H. The van der Waals surface area contributed by atoms with Crippen molar-refractivity contribution >= 4 is 56.6 Å². The van der Waals surface area contributed by atoms with Crippen LogP contribution in [0.4, 0.5) is 15.2 Å². The lowest BCUT2D eigenvalue weighted by molar-refractivity contribution is -0.124. The molecule has 1 aliphatic heterocycles. The van der Waals surface area contributed by atoms with E-state index < -0.39 is 11.7 Å². The van der Waals surface area contributed by atoms with Crippen molar-refractivity contribution in [3.8, 4) is 0 Å². The van der Waals surface area contributed by atoms with Gasteiger partial charge in [-0.1, -0.05) is 49.4 Å². The Labute approximate surface area is 203 Å². The molecule has 0 radical (unpaired) electrons. The third kappa shape index (κ3) is 5.34. The number of hydrogen-bond acceptors (Lipinski definition) is 5. The molecule has 0 spiro atoms. The molecular formula is C24H28ClFN4O2S. The van der Waals surface area contributed by atoms with Crippen LogP contribution in [0, 0.1) is 11.7 Å². The normalized spacial score (nSPS) is 15.8. The number of fused-ring (bicyclic) bond motifs is 1. The van der Waals surface area contributed by atoms with E-state index in [2.05, 4.69) is 23.7 Å². The average molecular weight is 491 g/mol. The molecule has 33 heavy (non-hydrogen) atoms. The molecule has 1 saturated heterocycles. The number of hydrogen-bond donors (Lipinski definition) is 0. The summed E-state index contributed by atoms with van der Waals surface area (Å²) in [7, 11) is 0. The molecule has 2 aromatic carbocycles. The highest BCUT2D eigenvalue weighted by atomic mass is 35.5. The predicted molar refractivity (Wildman–Crippen MR) is 134 cm³/mol. The van der Waals surface area contributed by atoms with E-state index in [0.29, 0.717) is 29.5 Å². The van der Waals surface area contributed by atoms with Gasteiger partial charge in [0.25, 0.3) is 0 Å². The molecule has 1 atom stereocenters. The number of thiazole rings is 1. The van der Waals surface area contributed by atoms with Crippen molar-refractivity contribution in [2.45, 2.75) is 20.3 Å². The van der Waals surface area contributed by atoms with E-state index in [1.807, 2.05) is 36.4 Å². The fourth-order valence-corrected chi connectivity index (χ4v) is 5.06. The minimum absolute atomic E-state index is 0. The van der Waals surface area contributed by atoms with Gasteiger partial charge < -0.3 is 9.80 Å². The van der Waals surface area contributed by atoms with Gasteiger partial charge in [-0.15, -0.1) is 12.4 Å². The van der Waals surface area contributed by atoms with Crippen LogP contribution in [0.15, 0.2) is 48.5 Å².